The van der Waals surface area contributed by atoms with Gasteiger partial charge < -0.3 is 15.2 Å². The molecule has 0 radical (unpaired) electrons. The van der Waals surface area contributed by atoms with E-state index in [-0.39, 0.29) is 12.5 Å². The van der Waals surface area contributed by atoms with Crippen LogP contribution in [0.15, 0.2) is 24.3 Å². The first-order chi connectivity index (χ1) is 7.76. The summed E-state index contributed by atoms with van der Waals surface area (Å²) in [6.45, 7) is 0.563. The molecule has 2 N–H and O–H groups in total. The minimum Gasteiger partial charge on any atom is -0.396 e. The van der Waals surface area contributed by atoms with Crippen molar-refractivity contribution in [3.05, 3.63) is 29.8 Å². The van der Waals surface area contributed by atoms with E-state index >= 15 is 0 Å². The van der Waals surface area contributed by atoms with Crippen LogP contribution in [-0.2, 0) is 16.0 Å². The number of rotatable bonds is 6. The van der Waals surface area contributed by atoms with Crippen molar-refractivity contribution in [2.45, 2.75) is 12.8 Å². The van der Waals surface area contributed by atoms with Gasteiger partial charge in [-0.25, -0.2) is 0 Å². The molecule has 4 nitrogen and oxygen atoms in total. The van der Waals surface area contributed by atoms with E-state index in [9.17, 15) is 4.79 Å². The van der Waals surface area contributed by atoms with Crippen LogP contribution in [0.4, 0.5) is 5.69 Å². The molecule has 0 aliphatic heterocycles. The molecule has 88 valence electrons. The molecule has 0 saturated heterocycles. The van der Waals surface area contributed by atoms with E-state index in [1.54, 1.807) is 7.11 Å². The number of hydrogen-bond acceptors (Lipinski definition) is 3. The van der Waals surface area contributed by atoms with Crippen LogP contribution in [0.3, 0.4) is 0 Å². The molecule has 0 aliphatic rings. The maximum Gasteiger partial charge on any atom is 0.226 e. The maximum absolute atomic E-state index is 11.4. The van der Waals surface area contributed by atoms with Gasteiger partial charge in [-0.3, -0.25) is 4.79 Å². The van der Waals surface area contributed by atoms with Gasteiger partial charge in [0.15, 0.2) is 0 Å². The molecule has 16 heavy (non-hydrogen) atoms. The topological polar surface area (TPSA) is 58.6 Å². The van der Waals surface area contributed by atoms with Crippen LogP contribution in [0.25, 0.3) is 0 Å². The summed E-state index contributed by atoms with van der Waals surface area (Å²) < 4.78 is 4.81. The number of carbonyl (C=O) groups excluding carboxylic acids is 1. The fraction of sp³-hybridized carbons (Fsp3) is 0.417. The average molecular weight is 223 g/mol. The lowest BCUT2D eigenvalue weighted by Gasteiger charge is -2.05. The van der Waals surface area contributed by atoms with E-state index in [4.69, 9.17) is 9.84 Å². The summed E-state index contributed by atoms with van der Waals surface area (Å²) in [6.07, 6.45) is 0.993. The number of aliphatic hydroxyl groups excluding tert-OH is 1. The zero-order valence-electron chi connectivity index (χ0n) is 9.40. The summed E-state index contributed by atoms with van der Waals surface area (Å²) in [4.78, 5) is 11.4. The summed E-state index contributed by atoms with van der Waals surface area (Å²) >= 11 is 0. The van der Waals surface area contributed by atoms with Crippen LogP contribution >= 0.6 is 0 Å². The Morgan fingerprint density at radius 2 is 2.06 bits per heavy atom. The first-order valence-electron chi connectivity index (χ1n) is 5.25. The fourth-order valence-electron chi connectivity index (χ4n) is 1.30. The Bertz CT molecular complexity index is 322. The molecule has 0 spiro atoms. The van der Waals surface area contributed by atoms with Gasteiger partial charge in [-0.2, -0.15) is 0 Å². The normalized spacial score (nSPS) is 10.1. The molecular formula is C12H17NO3. The maximum atomic E-state index is 11.4. The highest BCUT2D eigenvalue weighted by molar-refractivity contribution is 5.90. The van der Waals surface area contributed by atoms with Crippen LogP contribution in [0.5, 0.6) is 0 Å². The van der Waals surface area contributed by atoms with Gasteiger partial charge in [0.05, 0.1) is 13.0 Å². The number of ether oxygens (including phenoxy) is 1. The van der Waals surface area contributed by atoms with E-state index in [1.165, 1.54) is 0 Å². The number of carbonyl (C=O) groups is 1. The Balaban J connectivity index is 2.45. The van der Waals surface area contributed by atoms with Crippen molar-refractivity contribution in [1.82, 2.24) is 0 Å². The van der Waals surface area contributed by atoms with Crippen LogP contribution in [0, 0.1) is 0 Å². The average Bonchev–Trinajstić information content (AvgIpc) is 2.29. The van der Waals surface area contributed by atoms with Crippen LogP contribution in [0.2, 0.25) is 0 Å². The fourth-order valence-corrected chi connectivity index (χ4v) is 1.30. The molecule has 1 aromatic rings. The number of aliphatic hydroxyl groups is 1. The second-order valence-corrected chi connectivity index (χ2v) is 3.46. The van der Waals surface area contributed by atoms with E-state index < -0.39 is 0 Å². The molecular weight excluding hydrogens is 206 g/mol. The predicted molar refractivity (Wildman–Crippen MR) is 62.4 cm³/mol. The molecule has 1 aromatic carbocycles. The lowest BCUT2D eigenvalue weighted by atomic mass is 10.1. The van der Waals surface area contributed by atoms with Gasteiger partial charge in [-0.15, -0.1) is 0 Å². The smallest absolute Gasteiger partial charge is 0.226 e. The quantitative estimate of drug-likeness (QED) is 0.761. The third-order valence-corrected chi connectivity index (χ3v) is 2.17. The SMILES string of the molecule is COCCC(=O)Nc1ccc(CCO)cc1. The van der Waals surface area contributed by atoms with Gasteiger partial charge in [-0.05, 0) is 24.1 Å². The largest absolute Gasteiger partial charge is 0.396 e. The van der Waals surface area contributed by atoms with E-state index in [2.05, 4.69) is 5.32 Å². The number of benzene rings is 1. The van der Waals surface area contributed by atoms with Crippen molar-refractivity contribution < 1.29 is 14.6 Å². The summed E-state index contributed by atoms with van der Waals surface area (Å²) in [5.74, 6) is -0.0586. The molecule has 0 aromatic heterocycles. The van der Waals surface area contributed by atoms with E-state index in [1.807, 2.05) is 24.3 Å². The summed E-state index contributed by atoms with van der Waals surface area (Å²) in [5, 5.41) is 11.5. The highest BCUT2D eigenvalue weighted by Gasteiger charge is 2.01. The number of methoxy groups -OCH3 is 1. The van der Waals surface area contributed by atoms with Crippen LogP contribution < -0.4 is 5.32 Å². The lowest BCUT2D eigenvalue weighted by molar-refractivity contribution is -0.117. The Kier molecular flexibility index (Phi) is 5.53. The predicted octanol–water partition coefficient (Wildman–Crippen LogP) is 1.20. The van der Waals surface area contributed by atoms with Gasteiger partial charge >= 0.3 is 0 Å². The highest BCUT2D eigenvalue weighted by Crippen LogP contribution is 2.10. The first kappa shape index (κ1) is 12.7. The van der Waals surface area contributed by atoms with Gasteiger partial charge in [-0.1, -0.05) is 12.1 Å². The van der Waals surface area contributed by atoms with Crippen LogP contribution in [0.1, 0.15) is 12.0 Å². The monoisotopic (exact) mass is 223 g/mol. The summed E-state index contributed by atoms with van der Waals surface area (Å²) in [6, 6.07) is 7.44. The van der Waals surface area contributed by atoms with Gasteiger partial charge in [0.1, 0.15) is 0 Å². The molecule has 0 aliphatic carbocycles. The number of hydrogen-bond donors (Lipinski definition) is 2. The van der Waals surface area contributed by atoms with Crippen molar-refractivity contribution in [2.75, 3.05) is 25.6 Å². The lowest BCUT2D eigenvalue weighted by Crippen LogP contribution is -2.13. The molecule has 0 heterocycles. The zero-order valence-corrected chi connectivity index (χ0v) is 9.40. The Morgan fingerprint density at radius 1 is 1.38 bits per heavy atom. The molecule has 0 bridgehead atoms. The molecule has 0 fully saturated rings. The third-order valence-electron chi connectivity index (χ3n) is 2.17. The summed E-state index contributed by atoms with van der Waals surface area (Å²) in [5.41, 5.74) is 1.82. The van der Waals surface area contributed by atoms with E-state index in [0.29, 0.717) is 19.4 Å². The molecule has 4 heteroatoms. The molecule has 1 rings (SSSR count). The van der Waals surface area contributed by atoms with Crippen molar-refractivity contribution >= 4 is 11.6 Å². The molecule has 0 atom stereocenters. The second-order valence-electron chi connectivity index (χ2n) is 3.46. The molecule has 0 unspecified atom stereocenters. The van der Waals surface area contributed by atoms with Crippen LogP contribution in [-0.4, -0.2) is 31.3 Å². The molecule has 1 amide bonds. The van der Waals surface area contributed by atoms with E-state index in [0.717, 1.165) is 11.3 Å². The minimum absolute atomic E-state index is 0.0586. The molecule has 0 saturated carbocycles. The highest BCUT2D eigenvalue weighted by atomic mass is 16.5. The minimum atomic E-state index is -0.0586. The Hall–Kier alpha value is -1.39. The number of amides is 1. The van der Waals surface area contributed by atoms with Gasteiger partial charge in [0.2, 0.25) is 5.91 Å². The van der Waals surface area contributed by atoms with Crippen molar-refractivity contribution in [3.63, 3.8) is 0 Å². The van der Waals surface area contributed by atoms with Gasteiger partial charge in [0.25, 0.3) is 0 Å². The second kappa shape index (κ2) is 6.98. The van der Waals surface area contributed by atoms with Crippen molar-refractivity contribution in [3.8, 4) is 0 Å². The zero-order chi connectivity index (χ0) is 11.8. The Labute approximate surface area is 95.2 Å². The van der Waals surface area contributed by atoms with Gasteiger partial charge in [0, 0.05) is 19.4 Å². The van der Waals surface area contributed by atoms with Crippen molar-refractivity contribution in [1.29, 1.82) is 0 Å². The first-order valence-corrected chi connectivity index (χ1v) is 5.25. The summed E-state index contributed by atoms with van der Waals surface area (Å²) in [7, 11) is 1.57. The third kappa shape index (κ3) is 4.42. The number of anilines is 1. The Morgan fingerprint density at radius 3 is 2.62 bits per heavy atom. The standard InChI is InChI=1S/C12H17NO3/c1-16-9-7-12(15)13-11-4-2-10(3-5-11)6-8-14/h2-5,14H,6-9H2,1H3,(H,13,15). The number of nitrogens with one attached hydrogen (secondary N) is 1. The van der Waals surface area contributed by atoms with Crippen molar-refractivity contribution in [2.24, 2.45) is 0 Å².